The molecule has 0 aliphatic carbocycles. The highest BCUT2D eigenvalue weighted by Gasteiger charge is 2.34. The molecule has 152 valence electrons. The van der Waals surface area contributed by atoms with Gasteiger partial charge in [0.25, 0.3) is 11.5 Å². The van der Waals surface area contributed by atoms with Gasteiger partial charge in [-0.3, -0.25) is 9.59 Å². The predicted molar refractivity (Wildman–Crippen MR) is 122 cm³/mol. The number of carbonyl (C=O) groups excluding carboxylic acids is 1. The monoisotopic (exact) mass is 435 g/mol. The van der Waals surface area contributed by atoms with Crippen molar-refractivity contribution >= 4 is 39.6 Å². The molecule has 5 nitrogen and oxygen atoms in total. The quantitative estimate of drug-likeness (QED) is 0.471. The molecule has 1 unspecified atom stereocenters. The number of hydrogen-bond donors (Lipinski definition) is 0. The van der Waals surface area contributed by atoms with Crippen LogP contribution in [-0.4, -0.2) is 26.9 Å². The van der Waals surface area contributed by atoms with E-state index in [1.807, 2.05) is 36.1 Å². The van der Waals surface area contributed by atoms with Crippen molar-refractivity contribution in [3.8, 4) is 0 Å². The van der Waals surface area contributed by atoms with Gasteiger partial charge in [0.2, 0.25) is 0 Å². The lowest BCUT2D eigenvalue weighted by atomic mass is 9.97. The first kappa shape index (κ1) is 19.2. The van der Waals surface area contributed by atoms with Gasteiger partial charge in [0, 0.05) is 28.4 Å². The molecule has 0 bridgehead atoms. The van der Waals surface area contributed by atoms with Crippen molar-refractivity contribution in [2.24, 2.45) is 0 Å². The molecule has 0 spiro atoms. The number of aromatic nitrogens is 2. The van der Waals surface area contributed by atoms with E-state index in [1.54, 1.807) is 34.2 Å². The lowest BCUT2D eigenvalue weighted by Gasteiger charge is -2.35. The smallest absolute Gasteiger partial charge is 0.272 e. The van der Waals surface area contributed by atoms with Crippen LogP contribution in [0.25, 0.3) is 11.0 Å². The average Bonchev–Trinajstić information content (AvgIpc) is 3.45. The summed E-state index contributed by atoms with van der Waals surface area (Å²) >= 11 is 3.45. The second-order valence-corrected chi connectivity index (χ2v) is 9.40. The number of hydrogen-bond acceptors (Lipinski definition) is 5. The Balaban J connectivity index is 1.59. The Bertz CT molecular complexity index is 1300. The zero-order valence-electron chi connectivity index (χ0n) is 16.8. The number of thiophene rings is 2. The number of aryl methyl sites for hydroxylation is 2. The van der Waals surface area contributed by atoms with Crippen molar-refractivity contribution < 1.29 is 4.79 Å². The van der Waals surface area contributed by atoms with Crippen LogP contribution in [-0.2, 0) is 13.0 Å². The van der Waals surface area contributed by atoms with Crippen molar-refractivity contribution in [2.45, 2.75) is 32.9 Å². The number of carbonyl (C=O) groups is 1. The van der Waals surface area contributed by atoms with Crippen molar-refractivity contribution in [3.63, 3.8) is 0 Å². The Morgan fingerprint density at radius 2 is 2.07 bits per heavy atom. The third-order valence-corrected chi connectivity index (χ3v) is 7.63. The number of fused-ring (bicyclic) bond motifs is 2. The molecular weight excluding hydrogens is 414 g/mol. The van der Waals surface area contributed by atoms with E-state index in [2.05, 4.69) is 27.9 Å². The van der Waals surface area contributed by atoms with E-state index in [9.17, 15) is 9.59 Å². The topological polar surface area (TPSA) is 55.2 Å². The second kappa shape index (κ2) is 7.49. The first-order valence-corrected chi connectivity index (χ1v) is 11.8. The molecule has 0 saturated heterocycles. The summed E-state index contributed by atoms with van der Waals surface area (Å²) in [5.41, 5.74) is 3.65. The molecule has 30 heavy (non-hydrogen) atoms. The minimum Gasteiger partial charge on any atom is -0.326 e. The van der Waals surface area contributed by atoms with Gasteiger partial charge in [-0.15, -0.1) is 22.7 Å². The van der Waals surface area contributed by atoms with Crippen LogP contribution in [0.4, 0.5) is 0 Å². The van der Waals surface area contributed by atoms with E-state index in [1.165, 1.54) is 15.3 Å². The van der Waals surface area contributed by atoms with Crippen LogP contribution in [0, 0.1) is 6.92 Å². The molecule has 0 saturated carbocycles. The molecule has 0 fully saturated rings. The highest BCUT2D eigenvalue weighted by Crippen LogP contribution is 2.40. The van der Waals surface area contributed by atoms with Gasteiger partial charge in [-0.2, -0.15) is 0 Å². The normalized spacial score (nSPS) is 16.1. The first-order valence-electron chi connectivity index (χ1n) is 10.00. The summed E-state index contributed by atoms with van der Waals surface area (Å²) in [6, 6.07) is 11.7. The van der Waals surface area contributed by atoms with Gasteiger partial charge in [-0.1, -0.05) is 6.07 Å². The zero-order chi connectivity index (χ0) is 20.8. The number of rotatable bonds is 3. The minimum absolute atomic E-state index is 0.000788. The molecule has 4 heterocycles. The lowest BCUT2D eigenvalue weighted by molar-refractivity contribution is 0.0699. The highest BCUT2D eigenvalue weighted by atomic mass is 32.1. The Hall–Kier alpha value is -2.77. The Morgan fingerprint density at radius 1 is 1.20 bits per heavy atom. The summed E-state index contributed by atoms with van der Waals surface area (Å²) in [5.74, 6) is 0.000788. The maximum Gasteiger partial charge on any atom is 0.272 e. The highest BCUT2D eigenvalue weighted by molar-refractivity contribution is 7.10. The van der Waals surface area contributed by atoms with Crippen LogP contribution in [0.2, 0.25) is 0 Å². The maximum atomic E-state index is 13.6. The molecule has 1 amide bonds. The van der Waals surface area contributed by atoms with E-state index < -0.39 is 0 Å². The van der Waals surface area contributed by atoms with Gasteiger partial charge in [0.15, 0.2) is 0 Å². The fourth-order valence-corrected chi connectivity index (χ4v) is 6.03. The van der Waals surface area contributed by atoms with E-state index in [0.29, 0.717) is 29.9 Å². The van der Waals surface area contributed by atoms with Gasteiger partial charge in [-0.25, -0.2) is 4.98 Å². The van der Waals surface area contributed by atoms with E-state index in [0.717, 1.165) is 11.9 Å². The molecule has 1 aliphatic rings. The Morgan fingerprint density at radius 3 is 2.83 bits per heavy atom. The molecule has 7 heteroatoms. The number of amides is 1. The Kier molecular flexibility index (Phi) is 4.79. The van der Waals surface area contributed by atoms with Crippen LogP contribution in [0.15, 0.2) is 52.0 Å². The Labute approximate surface area is 182 Å². The van der Waals surface area contributed by atoms with Gasteiger partial charge in [0.05, 0.1) is 17.1 Å². The molecule has 3 aromatic heterocycles. The van der Waals surface area contributed by atoms with Crippen molar-refractivity contribution in [2.75, 3.05) is 6.54 Å². The summed E-state index contributed by atoms with van der Waals surface area (Å²) in [6.07, 6.45) is 0.876. The molecule has 1 atom stereocenters. The molecular formula is C23H21N3O2S2. The fraction of sp³-hybridized carbons (Fsp3) is 0.261. The first-order chi connectivity index (χ1) is 14.6. The molecule has 5 rings (SSSR count). The van der Waals surface area contributed by atoms with E-state index in [4.69, 9.17) is 0 Å². The fourth-order valence-electron chi connectivity index (χ4n) is 4.28. The standard InChI is InChI=1S/C23H21N3O2S2/c1-3-25-18-7-6-15(13-17(18)24-14(2)22(25)27)23(28)26-10-8-19-16(9-12-30-19)21(26)20-5-4-11-29-20/h4-7,9,11-13,21H,3,8,10H2,1-2H3. The lowest BCUT2D eigenvalue weighted by Crippen LogP contribution is -2.39. The van der Waals surface area contributed by atoms with Gasteiger partial charge in [0.1, 0.15) is 5.69 Å². The van der Waals surface area contributed by atoms with Crippen LogP contribution >= 0.6 is 22.7 Å². The van der Waals surface area contributed by atoms with E-state index >= 15 is 0 Å². The molecule has 4 aromatic rings. The van der Waals surface area contributed by atoms with Crippen LogP contribution in [0.5, 0.6) is 0 Å². The SMILES string of the molecule is CCn1c(=O)c(C)nc2cc(C(=O)N3CCc4sccc4C3c3cccs3)ccc21. The summed E-state index contributed by atoms with van der Waals surface area (Å²) in [5, 5.41) is 4.18. The third kappa shape index (κ3) is 3.00. The van der Waals surface area contributed by atoms with Crippen molar-refractivity contribution in [1.82, 2.24) is 14.5 Å². The van der Waals surface area contributed by atoms with Crippen molar-refractivity contribution in [3.05, 3.63) is 84.1 Å². The number of nitrogens with zero attached hydrogens (tertiary/aromatic N) is 3. The molecule has 0 radical (unpaired) electrons. The largest absolute Gasteiger partial charge is 0.326 e. The van der Waals surface area contributed by atoms with Crippen LogP contribution in [0.3, 0.4) is 0 Å². The summed E-state index contributed by atoms with van der Waals surface area (Å²) in [6.45, 7) is 4.92. The van der Waals surface area contributed by atoms with Gasteiger partial charge < -0.3 is 9.47 Å². The second-order valence-electron chi connectivity index (χ2n) is 7.42. The molecule has 0 N–H and O–H groups in total. The van der Waals surface area contributed by atoms with Gasteiger partial charge >= 0.3 is 0 Å². The third-order valence-electron chi connectivity index (χ3n) is 5.71. The zero-order valence-corrected chi connectivity index (χ0v) is 18.4. The summed E-state index contributed by atoms with van der Waals surface area (Å²) in [4.78, 5) is 35.0. The minimum atomic E-state index is -0.0807. The van der Waals surface area contributed by atoms with E-state index in [-0.39, 0.29) is 17.5 Å². The van der Waals surface area contributed by atoms with Crippen molar-refractivity contribution in [1.29, 1.82) is 0 Å². The van der Waals surface area contributed by atoms with Crippen LogP contribution in [0.1, 0.15) is 44.3 Å². The summed E-state index contributed by atoms with van der Waals surface area (Å²) < 4.78 is 1.71. The predicted octanol–water partition coefficient (Wildman–Crippen LogP) is 4.64. The summed E-state index contributed by atoms with van der Waals surface area (Å²) in [7, 11) is 0. The van der Waals surface area contributed by atoms with Crippen LogP contribution < -0.4 is 5.56 Å². The molecule has 1 aliphatic heterocycles. The average molecular weight is 436 g/mol. The number of benzene rings is 1. The maximum absolute atomic E-state index is 13.6. The molecule has 1 aromatic carbocycles. The van der Waals surface area contributed by atoms with Gasteiger partial charge in [-0.05, 0) is 66.9 Å².